The number of aromatic amines is 1. The minimum Gasteiger partial charge on any atom is -0.331 e. The topological polar surface area (TPSA) is 54.7 Å². The van der Waals surface area contributed by atoms with E-state index in [1.54, 1.807) is 0 Å². The molecular weight excluding hydrogens is 222 g/mol. The van der Waals surface area contributed by atoms with E-state index in [2.05, 4.69) is 29.0 Å². The van der Waals surface area contributed by atoms with Crippen LogP contribution >= 0.6 is 11.6 Å². The van der Waals surface area contributed by atoms with Gasteiger partial charge >= 0.3 is 0 Å². The summed E-state index contributed by atoms with van der Waals surface area (Å²) in [6, 6.07) is 8.23. The van der Waals surface area contributed by atoms with Crippen LogP contribution in [0.1, 0.15) is 18.3 Å². The van der Waals surface area contributed by atoms with Gasteiger partial charge in [0.1, 0.15) is 16.7 Å². The highest BCUT2D eigenvalue weighted by atomic mass is 35.5. The lowest BCUT2D eigenvalue weighted by Gasteiger charge is -1.99. The lowest BCUT2D eigenvalue weighted by molar-refractivity contribution is 0.951. The summed E-state index contributed by atoms with van der Waals surface area (Å²) >= 11 is 6.06. The smallest absolute Gasteiger partial charge is 0.134 e. The number of benzene rings is 1. The fraction of sp³-hybridized carbons (Fsp3) is 0.250. The van der Waals surface area contributed by atoms with Crippen LogP contribution in [0.15, 0.2) is 24.3 Å². The molecule has 0 aliphatic heterocycles. The van der Waals surface area contributed by atoms with Gasteiger partial charge in [-0.1, -0.05) is 42.8 Å². The number of rotatable bonds is 3. The molecule has 2 rings (SSSR count). The van der Waals surface area contributed by atoms with E-state index in [4.69, 9.17) is 17.3 Å². The number of nitrogens with one attached hydrogen (secondary N) is 1. The Kier molecular flexibility index (Phi) is 3.27. The Morgan fingerprint density at radius 2 is 2.00 bits per heavy atom. The molecule has 0 bridgehead atoms. The summed E-state index contributed by atoms with van der Waals surface area (Å²) < 4.78 is 0. The average Bonchev–Trinajstić information content (AvgIpc) is 2.71. The van der Waals surface area contributed by atoms with Crippen LogP contribution in [0, 0.1) is 0 Å². The first-order chi connectivity index (χ1) is 7.74. The van der Waals surface area contributed by atoms with Gasteiger partial charge in [-0.3, -0.25) is 0 Å². The number of H-pyrrole nitrogens is 1. The van der Waals surface area contributed by atoms with E-state index in [0.29, 0.717) is 17.5 Å². The monoisotopic (exact) mass is 235 g/mol. The van der Waals surface area contributed by atoms with Crippen LogP contribution in [0.5, 0.6) is 0 Å². The van der Waals surface area contributed by atoms with Gasteiger partial charge < -0.3 is 10.7 Å². The second kappa shape index (κ2) is 4.68. The second-order valence-corrected chi connectivity index (χ2v) is 3.98. The Morgan fingerprint density at radius 1 is 1.31 bits per heavy atom. The van der Waals surface area contributed by atoms with Gasteiger partial charge in [0.2, 0.25) is 0 Å². The van der Waals surface area contributed by atoms with E-state index in [0.717, 1.165) is 17.7 Å². The van der Waals surface area contributed by atoms with Crippen LogP contribution < -0.4 is 5.73 Å². The maximum atomic E-state index is 6.06. The minimum atomic E-state index is 0.368. The Hall–Kier alpha value is -1.32. The average molecular weight is 236 g/mol. The molecule has 0 radical (unpaired) electrons. The zero-order valence-electron chi connectivity index (χ0n) is 9.13. The number of halogens is 1. The summed E-state index contributed by atoms with van der Waals surface area (Å²) in [5.74, 6) is 0.708. The molecular formula is C12H14ClN3. The van der Waals surface area contributed by atoms with Crippen molar-refractivity contribution in [2.75, 3.05) is 0 Å². The van der Waals surface area contributed by atoms with E-state index < -0.39 is 0 Å². The van der Waals surface area contributed by atoms with Crippen LogP contribution in [0.4, 0.5) is 0 Å². The van der Waals surface area contributed by atoms with Gasteiger partial charge in [-0.05, 0) is 12.0 Å². The highest BCUT2D eigenvalue weighted by Gasteiger charge is 2.09. The predicted octanol–water partition coefficient (Wildman–Crippen LogP) is 2.75. The number of aryl methyl sites for hydroxylation is 1. The number of imidazole rings is 1. The summed E-state index contributed by atoms with van der Waals surface area (Å²) in [4.78, 5) is 7.29. The highest BCUT2D eigenvalue weighted by molar-refractivity contribution is 6.31. The molecule has 2 aromatic rings. The van der Waals surface area contributed by atoms with Crippen LogP contribution in [0.2, 0.25) is 5.15 Å². The van der Waals surface area contributed by atoms with Gasteiger partial charge in [0, 0.05) is 5.56 Å². The number of hydrogen-bond acceptors (Lipinski definition) is 2. The molecule has 16 heavy (non-hydrogen) atoms. The Labute approximate surface area is 99.7 Å². The van der Waals surface area contributed by atoms with Gasteiger partial charge in [-0.15, -0.1) is 0 Å². The van der Waals surface area contributed by atoms with Gasteiger partial charge in [-0.2, -0.15) is 0 Å². The van der Waals surface area contributed by atoms with E-state index >= 15 is 0 Å². The lowest BCUT2D eigenvalue weighted by Crippen LogP contribution is -1.97. The summed E-state index contributed by atoms with van der Waals surface area (Å²) in [7, 11) is 0. The molecule has 3 N–H and O–H groups in total. The van der Waals surface area contributed by atoms with Gasteiger partial charge in [0.25, 0.3) is 0 Å². The summed E-state index contributed by atoms with van der Waals surface area (Å²) in [5, 5.41) is 0.546. The normalized spacial score (nSPS) is 10.7. The third kappa shape index (κ3) is 2.10. The number of aromatic nitrogens is 2. The number of hydrogen-bond donors (Lipinski definition) is 2. The van der Waals surface area contributed by atoms with Crippen molar-refractivity contribution in [2.24, 2.45) is 5.73 Å². The zero-order chi connectivity index (χ0) is 11.5. The van der Waals surface area contributed by atoms with Crippen molar-refractivity contribution in [1.82, 2.24) is 9.97 Å². The molecule has 0 saturated heterocycles. The van der Waals surface area contributed by atoms with Crippen molar-refractivity contribution in [3.05, 3.63) is 40.8 Å². The summed E-state index contributed by atoms with van der Waals surface area (Å²) in [6.45, 7) is 2.50. The van der Waals surface area contributed by atoms with Crippen LogP contribution in [-0.2, 0) is 13.0 Å². The molecule has 0 spiro atoms. The molecule has 0 unspecified atom stereocenters. The van der Waals surface area contributed by atoms with Crippen molar-refractivity contribution in [3.8, 4) is 11.3 Å². The lowest BCUT2D eigenvalue weighted by atomic mass is 10.1. The van der Waals surface area contributed by atoms with Crippen molar-refractivity contribution >= 4 is 11.6 Å². The Morgan fingerprint density at radius 3 is 2.50 bits per heavy atom. The quantitative estimate of drug-likeness (QED) is 0.860. The van der Waals surface area contributed by atoms with Crippen molar-refractivity contribution in [3.63, 3.8) is 0 Å². The first kappa shape index (κ1) is 11.2. The molecule has 1 aromatic heterocycles. The highest BCUT2D eigenvalue weighted by Crippen LogP contribution is 2.25. The molecule has 1 aromatic carbocycles. The zero-order valence-corrected chi connectivity index (χ0v) is 9.88. The molecule has 84 valence electrons. The molecule has 0 amide bonds. The van der Waals surface area contributed by atoms with Crippen molar-refractivity contribution < 1.29 is 0 Å². The van der Waals surface area contributed by atoms with Gasteiger partial charge in [0.15, 0.2) is 0 Å². The molecule has 0 aliphatic rings. The molecule has 4 heteroatoms. The largest absolute Gasteiger partial charge is 0.331 e. The fourth-order valence-electron chi connectivity index (χ4n) is 1.58. The summed E-state index contributed by atoms with van der Waals surface area (Å²) in [6.07, 6.45) is 1.03. The number of nitrogens with two attached hydrogens (primary N) is 1. The fourth-order valence-corrected chi connectivity index (χ4v) is 1.84. The maximum Gasteiger partial charge on any atom is 0.134 e. The third-order valence-electron chi connectivity index (χ3n) is 2.54. The molecule has 1 heterocycles. The molecule has 0 aliphatic carbocycles. The molecule has 0 fully saturated rings. The van der Waals surface area contributed by atoms with E-state index in [1.165, 1.54) is 5.56 Å². The van der Waals surface area contributed by atoms with E-state index in [9.17, 15) is 0 Å². The van der Waals surface area contributed by atoms with Crippen molar-refractivity contribution in [1.29, 1.82) is 0 Å². The van der Waals surface area contributed by atoms with Crippen LogP contribution in [0.25, 0.3) is 11.3 Å². The van der Waals surface area contributed by atoms with Crippen LogP contribution in [-0.4, -0.2) is 9.97 Å². The van der Waals surface area contributed by atoms with E-state index in [-0.39, 0.29) is 0 Å². The van der Waals surface area contributed by atoms with Gasteiger partial charge in [-0.25, -0.2) is 4.98 Å². The van der Waals surface area contributed by atoms with Crippen LogP contribution in [0.3, 0.4) is 0 Å². The Balaban J connectivity index is 2.38. The number of nitrogens with zero attached hydrogens (tertiary/aromatic N) is 1. The first-order valence-electron chi connectivity index (χ1n) is 5.28. The first-order valence-corrected chi connectivity index (χ1v) is 5.66. The van der Waals surface area contributed by atoms with Gasteiger partial charge in [0.05, 0.1) is 6.54 Å². The maximum absolute atomic E-state index is 6.06. The van der Waals surface area contributed by atoms with Crippen molar-refractivity contribution in [2.45, 2.75) is 19.9 Å². The molecule has 0 saturated carbocycles. The standard InChI is InChI=1S/C12H14ClN3/c1-2-8-3-5-9(6-4-8)11-12(13)16-10(7-14)15-11/h3-6H,2,7,14H2,1H3,(H,15,16). The molecule has 0 atom stereocenters. The second-order valence-electron chi connectivity index (χ2n) is 3.60. The minimum absolute atomic E-state index is 0.368. The SMILES string of the molecule is CCc1ccc(-c2nc(CN)[nH]c2Cl)cc1. The Bertz CT molecular complexity index is 474. The third-order valence-corrected chi connectivity index (χ3v) is 2.81. The molecule has 3 nitrogen and oxygen atoms in total. The van der Waals surface area contributed by atoms with E-state index in [1.807, 2.05) is 12.1 Å². The predicted molar refractivity (Wildman–Crippen MR) is 66.3 cm³/mol. The summed E-state index contributed by atoms with van der Waals surface area (Å²) in [5.41, 5.74) is 8.58.